The summed E-state index contributed by atoms with van der Waals surface area (Å²) in [6.07, 6.45) is 4.57. The molecule has 1 atom stereocenters. The Morgan fingerprint density at radius 2 is 2.05 bits per heavy atom. The van der Waals surface area contributed by atoms with Gasteiger partial charge >= 0.3 is 5.97 Å². The molecule has 1 aliphatic rings. The highest BCUT2D eigenvalue weighted by Gasteiger charge is 2.21. The zero-order valence-corrected chi connectivity index (χ0v) is 11.0. The number of benzene rings is 1. The van der Waals surface area contributed by atoms with Crippen LogP contribution in [0.15, 0.2) is 18.2 Å². The van der Waals surface area contributed by atoms with Gasteiger partial charge in [-0.25, -0.2) is 0 Å². The molecule has 0 amide bonds. The molecule has 5 heteroatoms. The van der Waals surface area contributed by atoms with Gasteiger partial charge in [0.25, 0.3) is 0 Å². The normalized spacial score (nSPS) is 17.2. The van der Waals surface area contributed by atoms with Gasteiger partial charge in [0.1, 0.15) is 6.04 Å². The zero-order valence-electron chi connectivity index (χ0n) is 11.0. The summed E-state index contributed by atoms with van der Waals surface area (Å²) in [6.45, 7) is 0. The number of carbonyl (C=O) groups is 1. The minimum atomic E-state index is -1.06. The molecule has 104 valence electrons. The Balaban J connectivity index is 2.22. The van der Waals surface area contributed by atoms with Crippen molar-refractivity contribution in [2.45, 2.75) is 37.8 Å². The van der Waals surface area contributed by atoms with Crippen LogP contribution in [-0.2, 0) is 4.79 Å². The van der Waals surface area contributed by atoms with Gasteiger partial charge in [-0.2, -0.15) is 0 Å². The molecule has 1 fully saturated rings. The van der Waals surface area contributed by atoms with Crippen molar-refractivity contribution in [3.63, 3.8) is 0 Å². The summed E-state index contributed by atoms with van der Waals surface area (Å²) in [5.74, 6) is 0.119. The molecule has 19 heavy (non-hydrogen) atoms. The van der Waals surface area contributed by atoms with Crippen molar-refractivity contribution in [2.24, 2.45) is 5.73 Å². The fourth-order valence-electron chi connectivity index (χ4n) is 2.31. The summed E-state index contributed by atoms with van der Waals surface area (Å²) in [5, 5.41) is 8.94. The Labute approximate surface area is 112 Å². The van der Waals surface area contributed by atoms with Gasteiger partial charge in [0.15, 0.2) is 11.5 Å². The first-order valence-electron chi connectivity index (χ1n) is 6.45. The molecule has 0 radical (unpaired) electrons. The van der Waals surface area contributed by atoms with Gasteiger partial charge in [-0.15, -0.1) is 0 Å². The lowest BCUT2D eigenvalue weighted by atomic mass is 10.1. The number of carboxylic acid groups (broad SMARTS) is 1. The van der Waals surface area contributed by atoms with Crippen molar-refractivity contribution in [1.29, 1.82) is 0 Å². The van der Waals surface area contributed by atoms with E-state index in [0.29, 0.717) is 17.1 Å². The van der Waals surface area contributed by atoms with Crippen molar-refractivity contribution < 1.29 is 19.4 Å². The lowest BCUT2D eigenvalue weighted by molar-refractivity contribution is -0.138. The van der Waals surface area contributed by atoms with Crippen LogP contribution in [0.5, 0.6) is 11.5 Å². The van der Waals surface area contributed by atoms with E-state index in [1.54, 1.807) is 25.3 Å². The summed E-state index contributed by atoms with van der Waals surface area (Å²) < 4.78 is 11.1. The topological polar surface area (TPSA) is 81.8 Å². The van der Waals surface area contributed by atoms with Gasteiger partial charge in [-0.3, -0.25) is 4.79 Å². The number of nitrogens with two attached hydrogens (primary N) is 1. The maximum atomic E-state index is 10.9. The average Bonchev–Trinajstić information content (AvgIpc) is 2.90. The van der Waals surface area contributed by atoms with E-state index in [1.807, 2.05) is 0 Å². The second-order valence-corrected chi connectivity index (χ2v) is 4.75. The van der Waals surface area contributed by atoms with E-state index < -0.39 is 12.0 Å². The number of aliphatic carboxylic acids is 1. The third-order valence-corrected chi connectivity index (χ3v) is 3.41. The van der Waals surface area contributed by atoms with Crippen LogP contribution in [0.4, 0.5) is 0 Å². The molecule has 2 rings (SSSR count). The minimum Gasteiger partial charge on any atom is -0.493 e. The van der Waals surface area contributed by atoms with E-state index in [2.05, 4.69) is 0 Å². The van der Waals surface area contributed by atoms with Gasteiger partial charge in [0.2, 0.25) is 0 Å². The predicted octanol–water partition coefficient (Wildman–Crippen LogP) is 2.10. The van der Waals surface area contributed by atoms with E-state index in [-0.39, 0.29) is 6.10 Å². The van der Waals surface area contributed by atoms with Crippen LogP contribution in [0.2, 0.25) is 0 Å². The Morgan fingerprint density at radius 1 is 1.37 bits per heavy atom. The van der Waals surface area contributed by atoms with Crippen LogP contribution in [0.3, 0.4) is 0 Å². The van der Waals surface area contributed by atoms with Gasteiger partial charge in [-0.1, -0.05) is 6.07 Å². The number of hydrogen-bond acceptors (Lipinski definition) is 4. The quantitative estimate of drug-likeness (QED) is 0.852. The van der Waals surface area contributed by atoms with E-state index in [0.717, 1.165) is 12.8 Å². The summed E-state index contributed by atoms with van der Waals surface area (Å²) in [4.78, 5) is 10.9. The molecule has 0 aliphatic heterocycles. The second kappa shape index (κ2) is 5.93. The Morgan fingerprint density at radius 3 is 2.63 bits per heavy atom. The minimum absolute atomic E-state index is 0.185. The van der Waals surface area contributed by atoms with Gasteiger partial charge in [0.05, 0.1) is 13.2 Å². The average molecular weight is 265 g/mol. The van der Waals surface area contributed by atoms with Gasteiger partial charge < -0.3 is 20.3 Å². The molecule has 0 bridgehead atoms. The fourth-order valence-corrected chi connectivity index (χ4v) is 2.31. The Bertz CT molecular complexity index is 455. The number of ether oxygens (including phenoxy) is 2. The molecule has 0 heterocycles. The molecule has 1 saturated carbocycles. The van der Waals surface area contributed by atoms with E-state index in [9.17, 15) is 4.79 Å². The predicted molar refractivity (Wildman–Crippen MR) is 70.4 cm³/mol. The monoisotopic (exact) mass is 265 g/mol. The Hall–Kier alpha value is -1.75. The molecule has 1 aromatic carbocycles. The van der Waals surface area contributed by atoms with Crippen LogP contribution in [0, 0.1) is 0 Å². The summed E-state index contributed by atoms with van der Waals surface area (Å²) in [7, 11) is 1.56. The first kappa shape index (κ1) is 13.7. The first-order valence-corrected chi connectivity index (χ1v) is 6.45. The highest BCUT2D eigenvalue weighted by atomic mass is 16.5. The van der Waals surface area contributed by atoms with Gasteiger partial charge in [0, 0.05) is 0 Å². The molecular weight excluding hydrogens is 246 g/mol. The van der Waals surface area contributed by atoms with Crippen molar-refractivity contribution in [3.05, 3.63) is 23.8 Å². The number of hydrogen-bond donors (Lipinski definition) is 2. The smallest absolute Gasteiger partial charge is 0.325 e. The number of carboxylic acids is 1. The van der Waals surface area contributed by atoms with Crippen LogP contribution in [0.1, 0.15) is 37.3 Å². The molecule has 1 aliphatic carbocycles. The molecule has 1 unspecified atom stereocenters. The Kier molecular flexibility index (Phi) is 4.27. The fraction of sp³-hybridized carbons (Fsp3) is 0.500. The maximum Gasteiger partial charge on any atom is 0.325 e. The van der Waals surface area contributed by atoms with Crippen molar-refractivity contribution >= 4 is 5.97 Å². The highest BCUT2D eigenvalue weighted by Crippen LogP contribution is 2.33. The number of methoxy groups -OCH3 is 1. The largest absolute Gasteiger partial charge is 0.493 e. The van der Waals surface area contributed by atoms with Crippen molar-refractivity contribution in [2.75, 3.05) is 7.11 Å². The van der Waals surface area contributed by atoms with Crippen LogP contribution >= 0.6 is 0 Å². The van der Waals surface area contributed by atoms with E-state index >= 15 is 0 Å². The standard InChI is InChI=1S/C14H19NO4/c1-18-11-7-6-9(13(15)14(16)17)8-12(11)19-10-4-2-3-5-10/h6-8,10,13H,2-5,15H2,1H3,(H,16,17). The van der Waals surface area contributed by atoms with Crippen LogP contribution in [-0.4, -0.2) is 24.3 Å². The lowest BCUT2D eigenvalue weighted by Crippen LogP contribution is -2.21. The van der Waals surface area contributed by atoms with Crippen LogP contribution < -0.4 is 15.2 Å². The first-order chi connectivity index (χ1) is 9.11. The van der Waals surface area contributed by atoms with E-state index in [1.165, 1.54) is 12.8 Å². The summed E-state index contributed by atoms with van der Waals surface area (Å²) in [6, 6.07) is 3.97. The molecule has 1 aromatic rings. The van der Waals surface area contributed by atoms with Crippen LogP contribution in [0.25, 0.3) is 0 Å². The molecule has 0 saturated heterocycles. The molecule has 0 spiro atoms. The van der Waals surface area contributed by atoms with E-state index in [4.69, 9.17) is 20.3 Å². The van der Waals surface area contributed by atoms with Crippen molar-refractivity contribution in [1.82, 2.24) is 0 Å². The summed E-state index contributed by atoms with van der Waals surface area (Å²) in [5.41, 5.74) is 6.13. The molecular formula is C14H19NO4. The molecule has 5 nitrogen and oxygen atoms in total. The maximum absolute atomic E-state index is 10.9. The molecule has 3 N–H and O–H groups in total. The summed E-state index contributed by atoms with van der Waals surface area (Å²) >= 11 is 0. The second-order valence-electron chi connectivity index (χ2n) is 4.75. The van der Waals surface area contributed by atoms with Gasteiger partial charge in [-0.05, 0) is 43.4 Å². The van der Waals surface area contributed by atoms with Crippen molar-refractivity contribution in [3.8, 4) is 11.5 Å². The zero-order chi connectivity index (χ0) is 13.8. The SMILES string of the molecule is COc1ccc(C(N)C(=O)O)cc1OC1CCCC1. The number of rotatable bonds is 5. The lowest BCUT2D eigenvalue weighted by Gasteiger charge is -2.17. The molecule has 0 aromatic heterocycles. The highest BCUT2D eigenvalue weighted by molar-refractivity contribution is 5.75. The third-order valence-electron chi connectivity index (χ3n) is 3.41. The third kappa shape index (κ3) is 3.17.